The van der Waals surface area contributed by atoms with E-state index in [1.165, 1.54) is 0 Å². The Morgan fingerprint density at radius 3 is 2.32 bits per heavy atom. The molecule has 3 rings (SSSR count). The van der Waals surface area contributed by atoms with Crippen molar-refractivity contribution in [1.82, 2.24) is 9.88 Å². The van der Waals surface area contributed by atoms with Crippen LogP contribution in [0, 0.1) is 6.92 Å². The fourth-order valence-electron chi connectivity index (χ4n) is 2.59. The zero-order valence-corrected chi connectivity index (χ0v) is 15.4. The minimum Gasteiger partial charge on any atom is -0.370 e. The van der Waals surface area contributed by atoms with Crippen LogP contribution in [0.2, 0.25) is 0 Å². The van der Waals surface area contributed by atoms with Gasteiger partial charge in [-0.2, -0.15) is 0 Å². The van der Waals surface area contributed by atoms with Crippen LogP contribution in [0.1, 0.15) is 16.6 Å². The van der Waals surface area contributed by atoms with E-state index in [-0.39, 0.29) is 5.91 Å². The molecular formula is C20H21N3OS. The van der Waals surface area contributed by atoms with E-state index in [9.17, 15) is 4.79 Å². The molecule has 1 heterocycles. The molecule has 3 aromatic rings. The number of hydrogen-bond donors (Lipinski definition) is 1. The number of aromatic nitrogens is 1. The Morgan fingerprint density at radius 2 is 1.76 bits per heavy atom. The molecule has 0 aliphatic carbocycles. The summed E-state index contributed by atoms with van der Waals surface area (Å²) in [6.07, 6.45) is 0. The second-order valence-electron chi connectivity index (χ2n) is 6.05. The average Bonchev–Trinajstić information content (AvgIpc) is 3.06. The number of benzene rings is 2. The Balaban J connectivity index is 1.83. The van der Waals surface area contributed by atoms with Gasteiger partial charge in [-0.05, 0) is 24.6 Å². The van der Waals surface area contributed by atoms with Gasteiger partial charge in [-0.15, -0.1) is 11.3 Å². The third-order valence-corrected chi connectivity index (χ3v) is 4.70. The van der Waals surface area contributed by atoms with E-state index in [0.29, 0.717) is 0 Å². The van der Waals surface area contributed by atoms with E-state index in [0.717, 1.165) is 27.5 Å². The second-order valence-corrected chi connectivity index (χ2v) is 7.11. The fourth-order valence-corrected chi connectivity index (χ4v) is 3.21. The molecule has 0 saturated heterocycles. The third-order valence-electron chi connectivity index (χ3n) is 3.93. The minimum absolute atomic E-state index is 0.0189. The predicted molar refractivity (Wildman–Crippen MR) is 104 cm³/mol. The van der Waals surface area contributed by atoms with Gasteiger partial charge in [0.05, 0.1) is 10.7 Å². The molecule has 1 atom stereocenters. The molecule has 0 fully saturated rings. The lowest BCUT2D eigenvalue weighted by molar-refractivity contribution is -0.129. The monoisotopic (exact) mass is 351 g/mol. The summed E-state index contributed by atoms with van der Waals surface area (Å²) in [4.78, 5) is 18.7. The van der Waals surface area contributed by atoms with Crippen LogP contribution in [0.3, 0.4) is 0 Å². The van der Waals surface area contributed by atoms with Gasteiger partial charge in [0.25, 0.3) is 0 Å². The minimum atomic E-state index is -0.413. The topological polar surface area (TPSA) is 45.2 Å². The zero-order valence-electron chi connectivity index (χ0n) is 14.6. The number of hydrogen-bond acceptors (Lipinski definition) is 4. The molecular weight excluding hydrogens is 330 g/mol. The number of thiazole rings is 1. The van der Waals surface area contributed by atoms with Gasteiger partial charge in [-0.25, -0.2) is 4.98 Å². The largest absolute Gasteiger partial charge is 0.370 e. The highest BCUT2D eigenvalue weighted by molar-refractivity contribution is 7.09. The van der Waals surface area contributed by atoms with E-state index >= 15 is 0 Å². The van der Waals surface area contributed by atoms with Gasteiger partial charge in [0, 0.05) is 30.7 Å². The van der Waals surface area contributed by atoms with Crippen molar-refractivity contribution in [3.63, 3.8) is 0 Å². The van der Waals surface area contributed by atoms with Crippen LogP contribution >= 0.6 is 11.3 Å². The lowest BCUT2D eigenvalue weighted by Crippen LogP contribution is -2.32. The standard InChI is InChI=1S/C20H21N3OS/c1-14-21-18(13-25-14)15-9-11-17(12-10-15)22-19(20(24)23(2)3)16-7-5-4-6-8-16/h4-13,19,22H,1-3H3/t19-/m1/s1. The third kappa shape index (κ3) is 4.06. The van der Waals surface area contributed by atoms with Crippen LogP contribution in [0.25, 0.3) is 11.3 Å². The van der Waals surface area contributed by atoms with Gasteiger partial charge in [0.15, 0.2) is 0 Å². The summed E-state index contributed by atoms with van der Waals surface area (Å²) < 4.78 is 0. The summed E-state index contributed by atoms with van der Waals surface area (Å²) >= 11 is 1.64. The molecule has 1 amide bonds. The van der Waals surface area contributed by atoms with E-state index in [2.05, 4.69) is 15.7 Å². The van der Waals surface area contributed by atoms with Crippen molar-refractivity contribution < 1.29 is 4.79 Å². The molecule has 5 heteroatoms. The van der Waals surface area contributed by atoms with E-state index in [1.54, 1.807) is 30.3 Å². The molecule has 0 radical (unpaired) electrons. The maximum Gasteiger partial charge on any atom is 0.249 e. The van der Waals surface area contributed by atoms with Crippen LogP contribution in [0.5, 0.6) is 0 Å². The Morgan fingerprint density at radius 1 is 1.08 bits per heavy atom. The van der Waals surface area contributed by atoms with Crippen LogP contribution in [0.15, 0.2) is 60.0 Å². The quantitative estimate of drug-likeness (QED) is 0.743. The molecule has 4 nitrogen and oxygen atoms in total. The van der Waals surface area contributed by atoms with Gasteiger partial charge in [0.2, 0.25) is 5.91 Å². The summed E-state index contributed by atoms with van der Waals surface area (Å²) in [6.45, 7) is 2.00. The number of likely N-dealkylation sites (N-methyl/N-ethyl adjacent to an activating group) is 1. The first-order valence-corrected chi connectivity index (χ1v) is 8.98. The first kappa shape index (κ1) is 17.2. The summed E-state index contributed by atoms with van der Waals surface area (Å²) in [5.74, 6) is 0.0189. The SMILES string of the molecule is Cc1nc(-c2ccc(N[C@@H](C(=O)N(C)C)c3ccccc3)cc2)cs1. The molecule has 0 aliphatic heterocycles. The van der Waals surface area contributed by atoms with E-state index in [4.69, 9.17) is 0 Å². The summed E-state index contributed by atoms with van der Waals surface area (Å²) in [7, 11) is 3.54. The van der Waals surface area contributed by atoms with Gasteiger partial charge >= 0.3 is 0 Å². The van der Waals surface area contributed by atoms with Crippen molar-refractivity contribution in [3.05, 3.63) is 70.5 Å². The summed E-state index contributed by atoms with van der Waals surface area (Å²) in [5, 5.41) is 6.46. The van der Waals surface area contributed by atoms with Crippen molar-refractivity contribution >= 4 is 22.9 Å². The number of rotatable bonds is 5. The molecule has 0 aliphatic rings. The molecule has 0 bridgehead atoms. The van der Waals surface area contributed by atoms with Crippen LogP contribution in [0.4, 0.5) is 5.69 Å². The normalized spacial score (nSPS) is 11.8. The highest BCUT2D eigenvalue weighted by Crippen LogP contribution is 2.26. The Labute approximate surface area is 152 Å². The maximum atomic E-state index is 12.6. The first-order valence-electron chi connectivity index (χ1n) is 8.10. The first-order chi connectivity index (χ1) is 12.0. The van der Waals surface area contributed by atoms with Gasteiger partial charge in [-0.3, -0.25) is 4.79 Å². The number of carbonyl (C=O) groups excluding carboxylic acids is 1. The highest BCUT2D eigenvalue weighted by Gasteiger charge is 2.21. The lowest BCUT2D eigenvalue weighted by Gasteiger charge is -2.23. The van der Waals surface area contributed by atoms with E-state index < -0.39 is 6.04 Å². The fraction of sp³-hybridized carbons (Fsp3) is 0.200. The highest BCUT2D eigenvalue weighted by atomic mass is 32.1. The Bertz CT molecular complexity index is 841. The number of nitrogens with one attached hydrogen (secondary N) is 1. The molecule has 25 heavy (non-hydrogen) atoms. The smallest absolute Gasteiger partial charge is 0.249 e. The average molecular weight is 351 g/mol. The maximum absolute atomic E-state index is 12.6. The summed E-state index contributed by atoms with van der Waals surface area (Å²) in [6, 6.07) is 17.4. The number of amides is 1. The zero-order chi connectivity index (χ0) is 17.8. The van der Waals surface area contributed by atoms with Crippen molar-refractivity contribution in [2.24, 2.45) is 0 Å². The second kappa shape index (κ2) is 7.49. The number of anilines is 1. The van der Waals surface area contributed by atoms with Gasteiger partial charge in [-0.1, -0.05) is 42.5 Å². The van der Waals surface area contributed by atoms with E-state index in [1.807, 2.05) is 61.5 Å². The van der Waals surface area contributed by atoms with Gasteiger partial charge in [0.1, 0.15) is 6.04 Å². The van der Waals surface area contributed by atoms with Gasteiger partial charge < -0.3 is 10.2 Å². The lowest BCUT2D eigenvalue weighted by atomic mass is 10.0. The molecule has 0 saturated carbocycles. The van der Waals surface area contributed by atoms with Crippen molar-refractivity contribution in [2.45, 2.75) is 13.0 Å². The van der Waals surface area contributed by atoms with Crippen molar-refractivity contribution in [3.8, 4) is 11.3 Å². The Hall–Kier alpha value is -2.66. The Kier molecular flexibility index (Phi) is 5.14. The molecule has 0 unspecified atom stereocenters. The number of nitrogens with zero attached hydrogens (tertiary/aromatic N) is 2. The van der Waals surface area contributed by atoms with Crippen LogP contribution < -0.4 is 5.32 Å². The van der Waals surface area contributed by atoms with Crippen molar-refractivity contribution in [2.75, 3.05) is 19.4 Å². The predicted octanol–water partition coefficient (Wildman–Crippen LogP) is 4.36. The van der Waals surface area contributed by atoms with Crippen molar-refractivity contribution in [1.29, 1.82) is 0 Å². The molecule has 1 aromatic heterocycles. The molecule has 0 spiro atoms. The molecule has 2 aromatic carbocycles. The van der Waals surface area contributed by atoms with Crippen LogP contribution in [-0.2, 0) is 4.79 Å². The molecule has 1 N–H and O–H groups in total. The van der Waals surface area contributed by atoms with Crippen LogP contribution in [-0.4, -0.2) is 29.9 Å². The molecule has 128 valence electrons. The number of aryl methyl sites for hydroxylation is 1. The number of carbonyl (C=O) groups is 1. The summed E-state index contributed by atoms with van der Waals surface area (Å²) in [5.41, 5.74) is 3.91.